The predicted octanol–water partition coefficient (Wildman–Crippen LogP) is 3.87. The van der Waals surface area contributed by atoms with Gasteiger partial charge in [-0.1, -0.05) is 19.3 Å². The molecule has 0 atom stereocenters. The molecular weight excluding hydrogens is 370 g/mol. The molecule has 1 aliphatic heterocycles. The lowest BCUT2D eigenvalue weighted by molar-refractivity contribution is -0.130. The molecule has 152 valence electrons. The first-order valence-corrected chi connectivity index (χ1v) is 10.1. The Morgan fingerprint density at radius 1 is 1.17 bits per heavy atom. The third-order valence-corrected chi connectivity index (χ3v) is 5.84. The molecule has 7 heteroatoms. The van der Waals surface area contributed by atoms with Crippen LogP contribution < -0.4 is 5.32 Å². The number of nitrogens with one attached hydrogen (secondary N) is 1. The van der Waals surface area contributed by atoms with Crippen molar-refractivity contribution in [2.24, 2.45) is 0 Å². The highest BCUT2D eigenvalue weighted by Crippen LogP contribution is 2.33. The lowest BCUT2D eigenvalue weighted by Crippen LogP contribution is -2.53. The van der Waals surface area contributed by atoms with Gasteiger partial charge in [0.2, 0.25) is 0 Å². The number of nitrogens with zero attached hydrogens (tertiary/aromatic N) is 2. The maximum Gasteiger partial charge on any atom is 0.331 e. The zero-order chi connectivity index (χ0) is 20.5. The van der Waals surface area contributed by atoms with Gasteiger partial charge in [-0.2, -0.15) is 0 Å². The van der Waals surface area contributed by atoms with E-state index in [2.05, 4.69) is 16.8 Å². The van der Waals surface area contributed by atoms with Gasteiger partial charge in [0.05, 0.1) is 12.8 Å². The van der Waals surface area contributed by atoms with E-state index < -0.39 is 17.8 Å². The van der Waals surface area contributed by atoms with E-state index in [1.54, 1.807) is 18.2 Å². The number of imide groups is 2. The summed E-state index contributed by atoms with van der Waals surface area (Å²) >= 11 is 0. The normalized spacial score (nSPS) is 19.9. The van der Waals surface area contributed by atoms with E-state index in [0.29, 0.717) is 11.8 Å². The molecule has 0 spiro atoms. The van der Waals surface area contributed by atoms with Gasteiger partial charge in [0, 0.05) is 17.4 Å². The number of rotatable bonds is 4. The fourth-order valence-electron chi connectivity index (χ4n) is 4.40. The maximum atomic E-state index is 12.9. The fourth-order valence-corrected chi connectivity index (χ4v) is 4.40. The van der Waals surface area contributed by atoms with Gasteiger partial charge in [-0.25, -0.2) is 4.79 Å². The standard InChI is InChI=1S/C22H25N3O4/c1-14-11-16(15(2)25(14)17-7-4-3-5-8-17)12-19-20(26)23-22(28)24(21(19)27)13-18-9-6-10-29-18/h6,9-12,17H,3-5,7-8,13H2,1-2H3,(H,23,26,28). The number of aromatic nitrogens is 1. The Hall–Kier alpha value is -3.09. The number of amides is 4. The number of carbonyl (C=O) groups excluding carboxylic acids is 3. The van der Waals surface area contributed by atoms with Gasteiger partial charge in [-0.05, 0) is 56.5 Å². The topological polar surface area (TPSA) is 84.6 Å². The average molecular weight is 395 g/mol. The van der Waals surface area contributed by atoms with Crippen LogP contribution in [0, 0.1) is 13.8 Å². The molecule has 2 aromatic rings. The SMILES string of the molecule is Cc1cc(C=C2C(=O)NC(=O)N(Cc3ccco3)C2=O)c(C)n1C1CCCCC1. The summed E-state index contributed by atoms with van der Waals surface area (Å²) in [5, 5.41) is 2.26. The summed E-state index contributed by atoms with van der Waals surface area (Å²) in [7, 11) is 0. The Labute approximate surface area is 169 Å². The third kappa shape index (κ3) is 3.64. The third-order valence-electron chi connectivity index (χ3n) is 5.84. The van der Waals surface area contributed by atoms with Gasteiger partial charge in [0.1, 0.15) is 11.3 Å². The first-order valence-electron chi connectivity index (χ1n) is 10.1. The van der Waals surface area contributed by atoms with Gasteiger partial charge >= 0.3 is 6.03 Å². The monoisotopic (exact) mass is 395 g/mol. The molecule has 0 unspecified atom stereocenters. The summed E-state index contributed by atoms with van der Waals surface area (Å²) in [5.74, 6) is -0.812. The summed E-state index contributed by atoms with van der Waals surface area (Å²) in [5.41, 5.74) is 2.95. The highest BCUT2D eigenvalue weighted by molar-refractivity contribution is 6.31. The van der Waals surface area contributed by atoms with Gasteiger partial charge in [0.15, 0.2) is 0 Å². The molecule has 4 rings (SSSR count). The number of barbiturate groups is 1. The van der Waals surface area contributed by atoms with E-state index in [1.165, 1.54) is 25.5 Å². The average Bonchev–Trinajstić information content (AvgIpc) is 3.30. The molecule has 2 aliphatic rings. The van der Waals surface area contributed by atoms with Crippen molar-refractivity contribution in [1.29, 1.82) is 0 Å². The fraction of sp³-hybridized carbons (Fsp3) is 0.409. The van der Waals surface area contributed by atoms with Crippen LogP contribution in [-0.2, 0) is 16.1 Å². The van der Waals surface area contributed by atoms with E-state index in [-0.39, 0.29) is 12.1 Å². The summed E-state index contributed by atoms with van der Waals surface area (Å²) in [4.78, 5) is 38.5. The minimum absolute atomic E-state index is 0.0244. The van der Waals surface area contributed by atoms with Gasteiger partial charge in [0.25, 0.3) is 11.8 Å². The summed E-state index contributed by atoms with van der Waals surface area (Å²) in [6.45, 7) is 4.05. The second-order valence-electron chi connectivity index (χ2n) is 7.78. The van der Waals surface area contributed by atoms with E-state index in [0.717, 1.165) is 34.7 Å². The minimum atomic E-state index is -0.735. The van der Waals surface area contributed by atoms with Gasteiger partial charge in [-0.15, -0.1) is 0 Å². The highest BCUT2D eigenvalue weighted by atomic mass is 16.3. The molecule has 2 aromatic heterocycles. The van der Waals surface area contributed by atoms with Crippen LogP contribution in [0.15, 0.2) is 34.5 Å². The number of urea groups is 1. The van der Waals surface area contributed by atoms with Crippen LogP contribution >= 0.6 is 0 Å². The number of furan rings is 1. The first kappa shape index (κ1) is 19.2. The Balaban J connectivity index is 1.65. The molecule has 1 saturated heterocycles. The van der Waals surface area contributed by atoms with Crippen molar-refractivity contribution in [2.45, 2.75) is 58.5 Å². The van der Waals surface area contributed by atoms with Crippen molar-refractivity contribution >= 4 is 23.9 Å². The quantitative estimate of drug-likeness (QED) is 0.629. The van der Waals surface area contributed by atoms with E-state index in [9.17, 15) is 14.4 Å². The maximum absolute atomic E-state index is 12.9. The second kappa shape index (κ2) is 7.73. The molecule has 0 aromatic carbocycles. The van der Waals surface area contributed by atoms with Crippen LogP contribution in [0.4, 0.5) is 4.79 Å². The molecule has 29 heavy (non-hydrogen) atoms. The zero-order valence-electron chi connectivity index (χ0n) is 16.7. The number of aryl methyl sites for hydroxylation is 1. The molecule has 2 fully saturated rings. The Morgan fingerprint density at radius 3 is 2.62 bits per heavy atom. The van der Waals surface area contributed by atoms with Gasteiger partial charge in [-0.3, -0.25) is 19.8 Å². The molecular formula is C22H25N3O4. The highest BCUT2D eigenvalue weighted by Gasteiger charge is 2.36. The van der Waals surface area contributed by atoms with Crippen LogP contribution in [0.5, 0.6) is 0 Å². The Morgan fingerprint density at radius 2 is 1.93 bits per heavy atom. The molecule has 0 radical (unpaired) electrons. The first-order chi connectivity index (χ1) is 14.0. The molecule has 3 heterocycles. The van der Waals surface area contributed by atoms with Crippen molar-refractivity contribution < 1.29 is 18.8 Å². The minimum Gasteiger partial charge on any atom is -0.467 e. The molecule has 4 amide bonds. The van der Waals surface area contributed by atoms with E-state index in [4.69, 9.17) is 4.42 Å². The summed E-state index contributed by atoms with van der Waals surface area (Å²) in [6.07, 6.45) is 9.10. The van der Waals surface area contributed by atoms with Crippen molar-refractivity contribution in [3.8, 4) is 0 Å². The van der Waals surface area contributed by atoms with Crippen LogP contribution in [-0.4, -0.2) is 27.3 Å². The number of hydrogen-bond acceptors (Lipinski definition) is 4. The second-order valence-corrected chi connectivity index (χ2v) is 7.78. The van der Waals surface area contributed by atoms with Crippen molar-refractivity contribution in [3.63, 3.8) is 0 Å². The molecule has 1 N–H and O–H groups in total. The van der Waals surface area contributed by atoms with Crippen LogP contribution in [0.2, 0.25) is 0 Å². The number of hydrogen-bond donors (Lipinski definition) is 1. The zero-order valence-corrected chi connectivity index (χ0v) is 16.7. The van der Waals surface area contributed by atoms with Crippen LogP contribution in [0.3, 0.4) is 0 Å². The summed E-state index contributed by atoms with van der Waals surface area (Å²) < 4.78 is 7.56. The van der Waals surface area contributed by atoms with E-state index >= 15 is 0 Å². The van der Waals surface area contributed by atoms with E-state index in [1.807, 2.05) is 13.0 Å². The van der Waals surface area contributed by atoms with Crippen molar-refractivity contribution in [2.75, 3.05) is 0 Å². The summed E-state index contributed by atoms with van der Waals surface area (Å²) in [6, 6.07) is 5.09. The Kier molecular flexibility index (Phi) is 5.13. The molecule has 1 saturated carbocycles. The Bertz CT molecular complexity index is 978. The lowest BCUT2D eigenvalue weighted by atomic mass is 9.95. The van der Waals surface area contributed by atoms with Crippen molar-refractivity contribution in [1.82, 2.24) is 14.8 Å². The predicted molar refractivity (Wildman–Crippen MR) is 107 cm³/mol. The molecule has 0 bridgehead atoms. The van der Waals surface area contributed by atoms with Crippen LogP contribution in [0.25, 0.3) is 6.08 Å². The molecule has 1 aliphatic carbocycles. The van der Waals surface area contributed by atoms with Gasteiger partial charge < -0.3 is 8.98 Å². The molecule has 7 nitrogen and oxygen atoms in total. The largest absolute Gasteiger partial charge is 0.467 e. The number of carbonyl (C=O) groups is 3. The van der Waals surface area contributed by atoms with Crippen molar-refractivity contribution in [3.05, 3.63) is 52.7 Å². The van der Waals surface area contributed by atoms with Crippen LogP contribution in [0.1, 0.15) is 60.9 Å². The smallest absolute Gasteiger partial charge is 0.331 e. The lowest BCUT2D eigenvalue weighted by Gasteiger charge is -2.27.